The molecular weight excluding hydrogens is 528 g/mol. The summed E-state index contributed by atoms with van der Waals surface area (Å²) in [6.07, 6.45) is 7.61. The third-order valence-corrected chi connectivity index (χ3v) is 9.07. The van der Waals surface area contributed by atoms with E-state index in [1.54, 1.807) is 0 Å². The lowest BCUT2D eigenvalue weighted by Crippen LogP contribution is -2.17. The van der Waals surface area contributed by atoms with E-state index in [1.807, 2.05) is 18.3 Å². The van der Waals surface area contributed by atoms with Crippen LogP contribution in [-0.2, 0) is 6.42 Å². The number of nitrogens with zero attached hydrogens (tertiary/aromatic N) is 4. The Morgan fingerprint density at radius 2 is 1.67 bits per heavy atom. The number of allylic oxidation sites excluding steroid dienone is 2. The standard InChI is InChI=1S/C38H38N4O/c1-6-33-38(37-25(3)11-9-12-26(37)4)27(5)40-42(33)28-13-10-14-29(22-28)43-30-17-18-32-31-15-7-8-16-34(31)41(35(32)23-30)36-21-24(2)19-20-39-36/h7-8,10-11,13-23,26,37H,6,9,12H2,1-5H3/t26-,37+/m0/s1. The molecule has 0 saturated carbocycles. The minimum atomic E-state index is 0.429. The Labute approximate surface area is 253 Å². The van der Waals surface area contributed by atoms with Gasteiger partial charge in [0, 0.05) is 46.3 Å². The third-order valence-electron chi connectivity index (χ3n) is 9.07. The fourth-order valence-electron chi connectivity index (χ4n) is 7.09. The van der Waals surface area contributed by atoms with Crippen molar-refractivity contribution in [3.63, 3.8) is 0 Å². The molecule has 6 aromatic rings. The molecule has 43 heavy (non-hydrogen) atoms. The van der Waals surface area contributed by atoms with E-state index < -0.39 is 0 Å². The van der Waals surface area contributed by atoms with Gasteiger partial charge in [-0.3, -0.25) is 4.57 Å². The zero-order valence-electron chi connectivity index (χ0n) is 25.6. The first-order valence-corrected chi connectivity index (χ1v) is 15.4. The van der Waals surface area contributed by atoms with Crippen molar-refractivity contribution in [2.45, 2.75) is 59.8 Å². The van der Waals surface area contributed by atoms with E-state index in [-0.39, 0.29) is 0 Å². The molecule has 5 heteroatoms. The van der Waals surface area contributed by atoms with E-state index in [0.717, 1.165) is 46.2 Å². The summed E-state index contributed by atoms with van der Waals surface area (Å²) in [4.78, 5) is 4.72. The van der Waals surface area contributed by atoms with Crippen LogP contribution in [0.15, 0.2) is 96.7 Å². The second-order valence-electron chi connectivity index (χ2n) is 12.0. The fourth-order valence-corrected chi connectivity index (χ4v) is 7.09. The smallest absolute Gasteiger partial charge is 0.137 e. The lowest BCUT2D eigenvalue weighted by atomic mass is 9.75. The van der Waals surface area contributed by atoms with Crippen molar-refractivity contribution < 1.29 is 4.74 Å². The highest BCUT2D eigenvalue weighted by atomic mass is 16.5. The van der Waals surface area contributed by atoms with Crippen LogP contribution in [0.25, 0.3) is 33.3 Å². The maximum Gasteiger partial charge on any atom is 0.137 e. The van der Waals surface area contributed by atoms with Crippen molar-refractivity contribution in [3.05, 3.63) is 119 Å². The molecule has 3 aromatic heterocycles. The molecule has 0 bridgehead atoms. The molecule has 0 fully saturated rings. The SMILES string of the molecule is CCc1c([C@@H]2C(C)=CCC[C@@H]2C)c(C)nn1-c1cccc(Oc2ccc3c4ccccc4n(-c4cc(C)ccn4)c3c2)c1. The molecule has 3 heterocycles. The second kappa shape index (κ2) is 10.9. The summed E-state index contributed by atoms with van der Waals surface area (Å²) >= 11 is 0. The van der Waals surface area contributed by atoms with Crippen LogP contribution >= 0.6 is 0 Å². The van der Waals surface area contributed by atoms with Gasteiger partial charge < -0.3 is 4.74 Å². The molecule has 0 unspecified atom stereocenters. The van der Waals surface area contributed by atoms with Crippen molar-refractivity contribution in [1.29, 1.82) is 0 Å². The quantitative estimate of drug-likeness (QED) is 0.189. The number of para-hydroxylation sites is 1. The average Bonchev–Trinajstić information content (AvgIpc) is 3.51. The molecule has 0 saturated heterocycles. The van der Waals surface area contributed by atoms with E-state index in [4.69, 9.17) is 14.8 Å². The number of rotatable bonds is 6. The monoisotopic (exact) mass is 566 g/mol. The van der Waals surface area contributed by atoms with Crippen molar-refractivity contribution in [2.24, 2.45) is 5.92 Å². The first-order chi connectivity index (χ1) is 20.9. The van der Waals surface area contributed by atoms with Gasteiger partial charge in [-0.05, 0) is 94.0 Å². The van der Waals surface area contributed by atoms with Crippen molar-refractivity contribution >= 4 is 21.8 Å². The molecule has 5 nitrogen and oxygen atoms in total. The van der Waals surface area contributed by atoms with Gasteiger partial charge in [-0.2, -0.15) is 5.10 Å². The van der Waals surface area contributed by atoms with Crippen LogP contribution in [0.2, 0.25) is 0 Å². The molecule has 0 radical (unpaired) electrons. The van der Waals surface area contributed by atoms with Gasteiger partial charge in [0.15, 0.2) is 0 Å². The largest absolute Gasteiger partial charge is 0.457 e. The van der Waals surface area contributed by atoms with E-state index in [9.17, 15) is 0 Å². The number of benzene rings is 3. The molecule has 0 spiro atoms. The Bertz CT molecular complexity index is 2010. The predicted molar refractivity (Wildman–Crippen MR) is 176 cm³/mol. The number of pyridine rings is 1. The van der Waals surface area contributed by atoms with E-state index in [0.29, 0.717) is 11.8 Å². The number of fused-ring (bicyclic) bond motifs is 3. The molecule has 0 N–H and O–H groups in total. The van der Waals surface area contributed by atoms with Crippen LogP contribution in [0, 0.1) is 19.8 Å². The summed E-state index contributed by atoms with van der Waals surface area (Å²) < 4.78 is 10.9. The zero-order valence-corrected chi connectivity index (χ0v) is 25.6. The topological polar surface area (TPSA) is 44.9 Å². The second-order valence-corrected chi connectivity index (χ2v) is 12.0. The maximum atomic E-state index is 6.54. The van der Waals surface area contributed by atoms with Gasteiger partial charge in [-0.25, -0.2) is 9.67 Å². The summed E-state index contributed by atoms with van der Waals surface area (Å²) in [5.41, 5.74) is 9.68. The minimum absolute atomic E-state index is 0.429. The number of hydrogen-bond acceptors (Lipinski definition) is 3. The van der Waals surface area contributed by atoms with E-state index >= 15 is 0 Å². The molecule has 3 aromatic carbocycles. The van der Waals surface area contributed by atoms with Gasteiger partial charge in [0.25, 0.3) is 0 Å². The van der Waals surface area contributed by atoms with Crippen LogP contribution in [0.5, 0.6) is 11.5 Å². The first kappa shape index (κ1) is 27.2. The molecule has 0 amide bonds. The third kappa shape index (κ3) is 4.73. The van der Waals surface area contributed by atoms with Crippen LogP contribution in [-0.4, -0.2) is 19.3 Å². The molecule has 2 atom stereocenters. The van der Waals surface area contributed by atoms with E-state index in [1.165, 1.54) is 46.0 Å². The number of hydrogen-bond donors (Lipinski definition) is 0. The molecule has 0 aliphatic heterocycles. The van der Waals surface area contributed by atoms with Gasteiger partial charge in [0.2, 0.25) is 0 Å². The summed E-state index contributed by atoms with van der Waals surface area (Å²) in [6, 6.07) is 27.3. The minimum Gasteiger partial charge on any atom is -0.457 e. The lowest BCUT2D eigenvalue weighted by Gasteiger charge is -2.29. The van der Waals surface area contributed by atoms with Crippen LogP contribution in [0.4, 0.5) is 0 Å². The summed E-state index contributed by atoms with van der Waals surface area (Å²) in [6.45, 7) is 11.2. The summed E-state index contributed by atoms with van der Waals surface area (Å²) in [5, 5.41) is 7.46. The Hall–Kier alpha value is -4.64. The molecule has 216 valence electrons. The molecular formula is C38H38N4O. The summed E-state index contributed by atoms with van der Waals surface area (Å²) in [7, 11) is 0. The van der Waals surface area contributed by atoms with Gasteiger partial charge >= 0.3 is 0 Å². The normalized spacial score (nSPS) is 17.0. The fraction of sp³-hybridized carbons (Fsp3) is 0.263. The van der Waals surface area contributed by atoms with Crippen LogP contribution in [0.3, 0.4) is 0 Å². The number of ether oxygens (including phenoxy) is 1. The molecule has 1 aliphatic carbocycles. The highest BCUT2D eigenvalue weighted by Gasteiger charge is 2.30. The Morgan fingerprint density at radius 3 is 2.49 bits per heavy atom. The van der Waals surface area contributed by atoms with Crippen LogP contribution < -0.4 is 4.74 Å². The Morgan fingerprint density at radius 1 is 0.860 bits per heavy atom. The highest BCUT2D eigenvalue weighted by Crippen LogP contribution is 2.42. The average molecular weight is 567 g/mol. The molecule has 1 aliphatic rings. The lowest BCUT2D eigenvalue weighted by molar-refractivity contribution is 0.446. The number of aryl methyl sites for hydroxylation is 2. The zero-order chi connectivity index (χ0) is 29.7. The predicted octanol–water partition coefficient (Wildman–Crippen LogP) is 9.80. The first-order valence-electron chi connectivity index (χ1n) is 15.4. The van der Waals surface area contributed by atoms with Gasteiger partial charge in [-0.15, -0.1) is 0 Å². The van der Waals surface area contributed by atoms with Crippen LogP contribution in [0.1, 0.15) is 62.0 Å². The van der Waals surface area contributed by atoms with Crippen molar-refractivity contribution in [3.8, 4) is 23.0 Å². The van der Waals surface area contributed by atoms with Gasteiger partial charge in [0.1, 0.15) is 17.3 Å². The maximum absolute atomic E-state index is 6.54. The Kier molecular flexibility index (Phi) is 6.89. The highest BCUT2D eigenvalue weighted by molar-refractivity contribution is 6.09. The molecule has 7 rings (SSSR count). The van der Waals surface area contributed by atoms with Crippen molar-refractivity contribution in [1.82, 2.24) is 19.3 Å². The Balaban J connectivity index is 1.28. The van der Waals surface area contributed by atoms with Gasteiger partial charge in [-0.1, -0.05) is 49.8 Å². The summed E-state index contributed by atoms with van der Waals surface area (Å²) in [5.74, 6) is 3.51. The van der Waals surface area contributed by atoms with Gasteiger partial charge in [0.05, 0.1) is 22.4 Å². The van der Waals surface area contributed by atoms with Crippen molar-refractivity contribution in [2.75, 3.05) is 0 Å². The van der Waals surface area contributed by atoms with E-state index in [2.05, 4.69) is 117 Å². The number of aromatic nitrogens is 4.